The number of hydrogen-bond donors (Lipinski definition) is 2. The van der Waals surface area contributed by atoms with Crippen molar-refractivity contribution in [3.8, 4) is 17.2 Å². The molecule has 3 aromatic rings. The van der Waals surface area contributed by atoms with E-state index in [0.29, 0.717) is 48.7 Å². The number of hydrazine groups is 1. The van der Waals surface area contributed by atoms with E-state index < -0.39 is 11.8 Å². The van der Waals surface area contributed by atoms with Crippen LogP contribution in [0.2, 0.25) is 0 Å². The lowest BCUT2D eigenvalue weighted by Crippen LogP contribution is -2.42. The van der Waals surface area contributed by atoms with E-state index >= 15 is 0 Å². The van der Waals surface area contributed by atoms with Crippen LogP contribution in [0, 0.1) is 0 Å². The van der Waals surface area contributed by atoms with Crippen LogP contribution in [0.5, 0.6) is 17.2 Å². The smallest absolute Gasteiger partial charge is 0.291 e. The van der Waals surface area contributed by atoms with Crippen molar-refractivity contribution in [1.29, 1.82) is 0 Å². The molecule has 2 aromatic heterocycles. The lowest BCUT2D eigenvalue weighted by Gasteiger charge is -2.31. The highest BCUT2D eigenvalue weighted by Crippen LogP contribution is 2.40. The zero-order valence-electron chi connectivity index (χ0n) is 19.8. The lowest BCUT2D eigenvalue weighted by molar-refractivity contribution is 0.0708. The number of carbonyl (C=O) groups is 3. The van der Waals surface area contributed by atoms with Crippen molar-refractivity contribution in [2.24, 2.45) is 0 Å². The van der Waals surface area contributed by atoms with Crippen molar-refractivity contribution in [3.63, 3.8) is 0 Å². The second kappa shape index (κ2) is 11.3. The summed E-state index contributed by atoms with van der Waals surface area (Å²) in [5, 5.41) is 7.57. The molecule has 0 spiro atoms. The van der Waals surface area contributed by atoms with Crippen LogP contribution in [-0.2, 0) is 0 Å². The minimum Gasteiger partial charge on any atom is -0.493 e. The Kier molecular flexibility index (Phi) is 7.95. The van der Waals surface area contributed by atoms with Crippen LogP contribution in [0.15, 0.2) is 22.9 Å². The third-order valence-electron chi connectivity index (χ3n) is 5.70. The summed E-state index contributed by atoms with van der Waals surface area (Å²) >= 11 is 2.41. The molecule has 3 heterocycles. The number of piperidine rings is 1. The van der Waals surface area contributed by atoms with Gasteiger partial charge in [-0.25, -0.2) is 4.98 Å². The van der Waals surface area contributed by atoms with E-state index in [1.807, 2.05) is 0 Å². The Bertz CT molecular complexity index is 1240. The van der Waals surface area contributed by atoms with Crippen LogP contribution in [0.1, 0.15) is 55.1 Å². The summed E-state index contributed by atoms with van der Waals surface area (Å²) in [6.07, 6.45) is 1.40. The molecule has 0 unspecified atom stereocenters. The number of benzene rings is 1. The van der Waals surface area contributed by atoms with Gasteiger partial charge in [0, 0.05) is 29.8 Å². The van der Waals surface area contributed by atoms with Gasteiger partial charge in [-0.1, -0.05) is 4.49 Å². The van der Waals surface area contributed by atoms with E-state index in [2.05, 4.69) is 25.4 Å². The Balaban J connectivity index is 1.35. The van der Waals surface area contributed by atoms with Gasteiger partial charge in [-0.3, -0.25) is 25.2 Å². The van der Waals surface area contributed by atoms with Gasteiger partial charge in [0.25, 0.3) is 17.7 Å². The fraction of sp³-hybridized carbons (Fsp3) is 0.364. The van der Waals surface area contributed by atoms with Crippen molar-refractivity contribution < 1.29 is 28.6 Å². The maximum absolute atomic E-state index is 13.2. The zero-order valence-corrected chi connectivity index (χ0v) is 21.4. The minimum absolute atomic E-state index is 0.114. The Morgan fingerprint density at radius 2 is 1.64 bits per heavy atom. The molecule has 1 fully saturated rings. The molecule has 0 saturated carbocycles. The van der Waals surface area contributed by atoms with Crippen LogP contribution in [-0.4, -0.2) is 71.6 Å². The van der Waals surface area contributed by atoms with Gasteiger partial charge in [0.15, 0.2) is 17.2 Å². The molecule has 14 heteroatoms. The first-order valence-corrected chi connectivity index (χ1v) is 12.6. The summed E-state index contributed by atoms with van der Waals surface area (Å²) in [5.41, 5.74) is 5.35. The average molecular weight is 533 g/mol. The lowest BCUT2D eigenvalue weighted by atomic mass is 9.97. The van der Waals surface area contributed by atoms with Gasteiger partial charge >= 0.3 is 0 Å². The van der Waals surface area contributed by atoms with E-state index in [-0.39, 0.29) is 23.2 Å². The molecule has 0 radical (unpaired) electrons. The Labute approximate surface area is 214 Å². The number of aromatic nitrogens is 3. The predicted molar refractivity (Wildman–Crippen MR) is 131 cm³/mol. The molecule has 4 rings (SSSR count). The Morgan fingerprint density at radius 1 is 0.944 bits per heavy atom. The first kappa shape index (κ1) is 25.3. The number of nitrogens with zero attached hydrogens (tertiary/aromatic N) is 4. The Hall–Kier alpha value is -3.78. The van der Waals surface area contributed by atoms with Gasteiger partial charge in [0.1, 0.15) is 5.69 Å². The number of ether oxygens (including phenoxy) is 3. The summed E-state index contributed by atoms with van der Waals surface area (Å²) in [5.74, 6) is 0.0531. The molecule has 3 amide bonds. The number of carbonyl (C=O) groups excluding carboxylic acids is 3. The fourth-order valence-corrected chi connectivity index (χ4v) is 5.26. The number of thiazole rings is 1. The monoisotopic (exact) mass is 532 g/mol. The molecular formula is C22H24N6O6S2. The average Bonchev–Trinajstić information content (AvgIpc) is 3.63. The van der Waals surface area contributed by atoms with Gasteiger partial charge in [0.05, 0.1) is 31.9 Å². The zero-order chi connectivity index (χ0) is 25.7. The second-order valence-electron chi connectivity index (χ2n) is 7.72. The van der Waals surface area contributed by atoms with E-state index in [1.54, 1.807) is 22.4 Å². The van der Waals surface area contributed by atoms with Crippen LogP contribution in [0.4, 0.5) is 0 Å². The summed E-state index contributed by atoms with van der Waals surface area (Å²) in [6.45, 7) is 1.06. The number of hydrogen-bond acceptors (Lipinski definition) is 11. The molecule has 0 bridgehead atoms. The van der Waals surface area contributed by atoms with Crippen LogP contribution >= 0.6 is 22.9 Å². The van der Waals surface area contributed by atoms with Gasteiger partial charge in [-0.2, -0.15) is 0 Å². The highest BCUT2D eigenvalue weighted by Gasteiger charge is 2.30. The molecule has 0 atom stereocenters. The third-order valence-corrected chi connectivity index (χ3v) is 7.21. The number of likely N-dealkylation sites (tertiary alicyclic amines) is 1. The minimum atomic E-state index is -0.560. The number of amides is 3. The van der Waals surface area contributed by atoms with Crippen molar-refractivity contribution in [2.75, 3.05) is 34.4 Å². The molecule has 1 aliphatic heterocycles. The van der Waals surface area contributed by atoms with Crippen LogP contribution in [0.25, 0.3) is 0 Å². The van der Waals surface area contributed by atoms with Gasteiger partial charge in [-0.15, -0.1) is 16.4 Å². The Morgan fingerprint density at radius 3 is 2.25 bits per heavy atom. The quantitative estimate of drug-likeness (QED) is 0.437. The molecule has 0 aliphatic carbocycles. The van der Waals surface area contributed by atoms with Crippen molar-refractivity contribution in [3.05, 3.63) is 44.9 Å². The van der Waals surface area contributed by atoms with Gasteiger partial charge < -0.3 is 19.1 Å². The van der Waals surface area contributed by atoms with E-state index in [0.717, 1.165) is 16.5 Å². The van der Waals surface area contributed by atoms with E-state index in [4.69, 9.17) is 14.2 Å². The van der Waals surface area contributed by atoms with Gasteiger partial charge in [0.2, 0.25) is 5.75 Å². The maximum Gasteiger partial charge on any atom is 0.291 e. The first-order valence-electron chi connectivity index (χ1n) is 10.9. The van der Waals surface area contributed by atoms with Crippen LogP contribution < -0.4 is 25.1 Å². The third kappa shape index (κ3) is 5.23. The van der Waals surface area contributed by atoms with Crippen molar-refractivity contribution in [2.45, 2.75) is 18.8 Å². The topological polar surface area (TPSA) is 145 Å². The summed E-state index contributed by atoms with van der Waals surface area (Å²) in [6, 6.07) is 3.35. The van der Waals surface area contributed by atoms with Crippen molar-refractivity contribution in [1.82, 2.24) is 30.3 Å². The van der Waals surface area contributed by atoms with E-state index in [1.165, 1.54) is 38.0 Å². The highest BCUT2D eigenvalue weighted by molar-refractivity contribution is 7.10. The second-order valence-corrected chi connectivity index (χ2v) is 9.22. The molecule has 1 saturated heterocycles. The molecule has 1 aromatic carbocycles. The van der Waals surface area contributed by atoms with E-state index in [9.17, 15) is 14.4 Å². The first-order chi connectivity index (χ1) is 17.5. The summed E-state index contributed by atoms with van der Waals surface area (Å²) < 4.78 is 19.8. The normalized spacial score (nSPS) is 13.7. The number of rotatable bonds is 7. The van der Waals surface area contributed by atoms with Crippen molar-refractivity contribution >= 4 is 40.6 Å². The number of nitrogens with one attached hydrogen (secondary N) is 2. The number of methoxy groups -OCH3 is 3. The molecule has 12 nitrogen and oxygen atoms in total. The fourth-order valence-electron chi connectivity index (χ4n) is 3.85. The molecular weight excluding hydrogens is 508 g/mol. The standard InChI is InChI=1S/C22H24N6O6S2/c1-32-16-5-4-13(17(33-2)18(16)34-3)22(31)28-8-6-12(7-9-28)21-23-14(10-35-21)19(29)25-26-20(30)15-11-36-27-24-15/h4-5,10-12H,6-9H2,1-3H3,(H,25,29)(H,26,30). The summed E-state index contributed by atoms with van der Waals surface area (Å²) in [4.78, 5) is 43.7. The van der Waals surface area contributed by atoms with Gasteiger partial charge in [-0.05, 0) is 36.5 Å². The largest absolute Gasteiger partial charge is 0.493 e. The predicted octanol–water partition coefficient (Wildman–Crippen LogP) is 2.11. The molecule has 1 aliphatic rings. The maximum atomic E-state index is 13.2. The molecule has 190 valence electrons. The molecule has 2 N–H and O–H groups in total. The summed E-state index contributed by atoms with van der Waals surface area (Å²) in [7, 11) is 4.50. The highest BCUT2D eigenvalue weighted by atomic mass is 32.1. The molecule has 36 heavy (non-hydrogen) atoms. The SMILES string of the molecule is COc1ccc(C(=O)N2CCC(c3nc(C(=O)NNC(=O)c4csnn4)cs3)CC2)c(OC)c1OC. The van der Waals surface area contributed by atoms with Crippen LogP contribution in [0.3, 0.4) is 0 Å².